The number of aryl methyl sites for hydroxylation is 2. The average Bonchev–Trinajstić information content (AvgIpc) is 2.83. The Morgan fingerprint density at radius 1 is 0.514 bits per heavy atom. The van der Waals surface area contributed by atoms with E-state index in [0.717, 1.165) is 25.7 Å². The minimum atomic E-state index is -4.33. The van der Waals surface area contributed by atoms with Gasteiger partial charge in [-0.1, -0.05) is 114 Å². The molecule has 0 saturated heterocycles. The molecule has 0 aliphatic heterocycles. The summed E-state index contributed by atoms with van der Waals surface area (Å²) in [6.07, 6.45) is 15.2. The quantitative estimate of drug-likeness (QED) is 0.116. The maximum Gasteiger partial charge on any atom is 2.00 e. The molecule has 0 aliphatic rings. The second-order valence-corrected chi connectivity index (χ2v) is 11.9. The van der Waals surface area contributed by atoms with Crippen molar-refractivity contribution in [2.75, 3.05) is 0 Å². The van der Waals surface area contributed by atoms with Gasteiger partial charge in [-0.05, 0) is 48.9 Å². The van der Waals surface area contributed by atoms with Crippen LogP contribution in [0.2, 0.25) is 0 Å². The Morgan fingerprint density at radius 2 is 0.811 bits per heavy atom. The van der Waals surface area contributed by atoms with Crippen LogP contribution in [-0.2, 0) is 52.6 Å². The van der Waals surface area contributed by atoms with Gasteiger partial charge < -0.3 is 9.11 Å². The fourth-order valence-corrected chi connectivity index (χ4v) is 5.57. The van der Waals surface area contributed by atoms with Gasteiger partial charge in [0.15, 0.2) is 0 Å². The number of hydrogen-bond donors (Lipinski definition) is 0. The van der Waals surface area contributed by atoms with Crippen LogP contribution in [0, 0.1) is 0 Å². The smallest absolute Gasteiger partial charge is 0.744 e. The molecule has 0 saturated carbocycles. The van der Waals surface area contributed by atoms with Crippen LogP contribution in [0.25, 0.3) is 0 Å². The fourth-order valence-electron chi connectivity index (χ4n) is 4.10. The van der Waals surface area contributed by atoms with Gasteiger partial charge in [0.05, 0.1) is 9.79 Å². The fraction of sp³-hybridized carbons (Fsp3) is 0.571. The van der Waals surface area contributed by atoms with Gasteiger partial charge in [0.2, 0.25) is 0 Å². The van der Waals surface area contributed by atoms with E-state index < -0.39 is 20.2 Å². The predicted molar refractivity (Wildman–Crippen MR) is 143 cm³/mol. The molecule has 6 nitrogen and oxygen atoms in total. The van der Waals surface area contributed by atoms with Gasteiger partial charge in [-0.15, -0.1) is 0 Å². The Balaban J connectivity index is 0.000000682. The van der Waals surface area contributed by atoms with E-state index in [9.17, 15) is 25.9 Å². The summed E-state index contributed by atoms with van der Waals surface area (Å²) in [5.41, 5.74) is 1.31. The maximum absolute atomic E-state index is 11.1. The minimum Gasteiger partial charge on any atom is -0.744 e. The first-order valence-electron chi connectivity index (χ1n) is 13.2. The summed E-state index contributed by atoms with van der Waals surface area (Å²) in [4.78, 5) is -0.114. The van der Waals surface area contributed by atoms with E-state index in [1.54, 1.807) is 36.4 Å². The van der Waals surface area contributed by atoms with E-state index in [-0.39, 0.29) is 29.3 Å². The Morgan fingerprint density at radius 3 is 1.14 bits per heavy atom. The summed E-state index contributed by atoms with van der Waals surface area (Å²) in [5.74, 6) is 0. The van der Waals surface area contributed by atoms with Crippen molar-refractivity contribution < 1.29 is 45.4 Å². The molecular formula is C28H42O6S2Zn. The molecule has 37 heavy (non-hydrogen) atoms. The van der Waals surface area contributed by atoms with Crippen LogP contribution >= 0.6 is 0 Å². The van der Waals surface area contributed by atoms with Gasteiger partial charge in [-0.3, -0.25) is 0 Å². The van der Waals surface area contributed by atoms with Gasteiger partial charge in [-0.2, -0.15) is 0 Å². The van der Waals surface area contributed by atoms with Crippen LogP contribution in [0.5, 0.6) is 0 Å². The Kier molecular flexibility index (Phi) is 19.3. The van der Waals surface area contributed by atoms with Crippen LogP contribution in [0.3, 0.4) is 0 Å². The zero-order chi connectivity index (χ0) is 26.9. The Bertz CT molecular complexity index is 998. The van der Waals surface area contributed by atoms with Crippen LogP contribution < -0.4 is 0 Å². The molecule has 0 N–H and O–H groups in total. The molecule has 9 heteroatoms. The second kappa shape index (κ2) is 19.9. The number of hydrogen-bond acceptors (Lipinski definition) is 6. The molecule has 0 amide bonds. The Labute approximate surface area is 237 Å². The summed E-state index contributed by atoms with van der Waals surface area (Å²) >= 11 is 0. The first kappa shape index (κ1) is 35.9. The van der Waals surface area contributed by atoms with Crippen molar-refractivity contribution >= 4 is 20.2 Å². The van der Waals surface area contributed by atoms with E-state index in [0.29, 0.717) is 24.0 Å². The van der Waals surface area contributed by atoms with Crippen molar-refractivity contribution in [3.8, 4) is 0 Å². The van der Waals surface area contributed by atoms with E-state index in [2.05, 4.69) is 13.8 Å². The zero-order valence-electron chi connectivity index (χ0n) is 22.5. The van der Waals surface area contributed by atoms with Crippen molar-refractivity contribution in [1.29, 1.82) is 0 Å². The SMILES string of the molecule is CCCCCCCCc1ccccc1S(=O)(=O)[O-].CCCCCCCCc1ccccc1S(=O)(=O)[O-].[Zn+2]. The van der Waals surface area contributed by atoms with Gasteiger partial charge in [0.25, 0.3) is 0 Å². The molecule has 204 valence electrons. The molecule has 0 bridgehead atoms. The normalized spacial score (nSPS) is 11.4. The predicted octanol–water partition coefficient (Wildman–Crippen LogP) is 6.98. The van der Waals surface area contributed by atoms with Gasteiger partial charge in [-0.25, -0.2) is 16.8 Å². The second-order valence-electron chi connectivity index (χ2n) is 9.16. The van der Waals surface area contributed by atoms with Crippen molar-refractivity contribution in [3.63, 3.8) is 0 Å². The molecule has 0 radical (unpaired) electrons. The maximum atomic E-state index is 11.1. The van der Waals surface area contributed by atoms with Crippen molar-refractivity contribution in [1.82, 2.24) is 0 Å². The van der Waals surface area contributed by atoms with E-state index in [4.69, 9.17) is 0 Å². The molecule has 0 fully saturated rings. The molecular weight excluding hydrogens is 562 g/mol. The summed E-state index contributed by atoms with van der Waals surface area (Å²) < 4.78 is 66.4. The standard InChI is InChI=1S/2C14H22O3S.Zn/c2*1-2-3-4-5-6-7-10-13-11-8-9-12-14(13)18(15,16)17;/h2*8-9,11-12H,2-7,10H2,1H3,(H,15,16,17);/q;;+2/p-2. The summed E-state index contributed by atoms with van der Waals surface area (Å²) in [7, 11) is -8.67. The van der Waals surface area contributed by atoms with Crippen LogP contribution in [0.15, 0.2) is 58.3 Å². The van der Waals surface area contributed by atoms with Gasteiger partial charge in [0.1, 0.15) is 20.2 Å². The first-order chi connectivity index (χ1) is 17.1. The minimum absolute atomic E-state index is 0. The summed E-state index contributed by atoms with van der Waals surface area (Å²) in [6.45, 7) is 4.35. The molecule has 0 atom stereocenters. The van der Waals surface area contributed by atoms with Crippen LogP contribution in [0.1, 0.15) is 102 Å². The third-order valence-corrected chi connectivity index (χ3v) is 7.96. The molecule has 0 aromatic heterocycles. The van der Waals surface area contributed by atoms with Crippen molar-refractivity contribution in [2.24, 2.45) is 0 Å². The van der Waals surface area contributed by atoms with Crippen LogP contribution in [0.4, 0.5) is 0 Å². The molecule has 0 heterocycles. The van der Waals surface area contributed by atoms with Gasteiger partial charge in [0, 0.05) is 0 Å². The summed E-state index contributed by atoms with van der Waals surface area (Å²) in [5, 5.41) is 0. The molecule has 0 aliphatic carbocycles. The third kappa shape index (κ3) is 15.8. The number of benzene rings is 2. The van der Waals surface area contributed by atoms with Crippen LogP contribution in [-0.4, -0.2) is 25.9 Å². The van der Waals surface area contributed by atoms with E-state index in [1.807, 2.05) is 0 Å². The molecule has 2 aromatic rings. The number of rotatable bonds is 16. The monoisotopic (exact) mass is 602 g/mol. The van der Waals surface area contributed by atoms with E-state index in [1.165, 1.54) is 63.5 Å². The largest absolute Gasteiger partial charge is 2.00 e. The molecule has 2 rings (SSSR count). The van der Waals surface area contributed by atoms with E-state index >= 15 is 0 Å². The summed E-state index contributed by atoms with van der Waals surface area (Å²) in [6, 6.07) is 13.0. The van der Waals surface area contributed by atoms with Crippen molar-refractivity contribution in [2.45, 2.75) is 114 Å². The first-order valence-corrected chi connectivity index (χ1v) is 16.0. The topological polar surface area (TPSA) is 114 Å². The van der Waals surface area contributed by atoms with Gasteiger partial charge >= 0.3 is 19.5 Å². The van der Waals surface area contributed by atoms with Crippen molar-refractivity contribution in [3.05, 3.63) is 59.7 Å². The average molecular weight is 604 g/mol. The third-order valence-electron chi connectivity index (χ3n) is 6.08. The molecule has 2 aromatic carbocycles. The Hall–Kier alpha value is -1.12. The zero-order valence-corrected chi connectivity index (χ0v) is 27.1. The number of unbranched alkanes of at least 4 members (excludes halogenated alkanes) is 10. The molecule has 0 unspecified atom stereocenters. The molecule has 0 spiro atoms.